The lowest BCUT2D eigenvalue weighted by Crippen LogP contribution is -2.57. The summed E-state index contributed by atoms with van der Waals surface area (Å²) in [5.41, 5.74) is 6.07. The SMILES string of the molecule is [2H]C([2H])([2H])C(=O)N[C@@H]1[C@H](N)CC(C(=O)O)=C[C@@H]1OC(CC)CC. The number of hydrogen-bond acceptors (Lipinski definition) is 4. The fourth-order valence-electron chi connectivity index (χ4n) is 2.32. The monoisotopic (exact) mass is 287 g/mol. The second kappa shape index (κ2) is 7.40. The van der Waals surface area contributed by atoms with Crippen molar-refractivity contribution in [2.75, 3.05) is 0 Å². The van der Waals surface area contributed by atoms with Crippen LogP contribution in [-0.4, -0.2) is 41.3 Å². The summed E-state index contributed by atoms with van der Waals surface area (Å²) in [4.78, 5) is 22.9. The number of amides is 1. The highest BCUT2D eigenvalue weighted by molar-refractivity contribution is 5.87. The minimum Gasteiger partial charge on any atom is -0.478 e. The lowest BCUT2D eigenvalue weighted by Gasteiger charge is -2.36. The van der Waals surface area contributed by atoms with Gasteiger partial charge in [-0.15, -0.1) is 0 Å². The molecule has 0 unspecified atom stereocenters. The maximum atomic E-state index is 11.7. The Labute approximate surface area is 123 Å². The first-order valence-corrected chi connectivity index (χ1v) is 6.76. The third-order valence-corrected chi connectivity index (χ3v) is 3.47. The second-order valence-corrected chi connectivity index (χ2v) is 4.90. The number of aliphatic carboxylic acids is 1. The summed E-state index contributed by atoms with van der Waals surface area (Å²) in [7, 11) is 0. The molecule has 1 amide bonds. The molecule has 0 spiro atoms. The minimum atomic E-state index is -2.80. The Morgan fingerprint density at radius 2 is 2.25 bits per heavy atom. The van der Waals surface area contributed by atoms with Gasteiger partial charge in [0, 0.05) is 22.6 Å². The van der Waals surface area contributed by atoms with Gasteiger partial charge in [0.15, 0.2) is 0 Å². The number of carbonyl (C=O) groups is 2. The zero-order valence-electron chi connectivity index (χ0n) is 14.8. The van der Waals surface area contributed by atoms with Crippen LogP contribution in [0.25, 0.3) is 0 Å². The molecule has 1 rings (SSSR count). The number of carboxylic acids is 1. The minimum absolute atomic E-state index is 0.0318. The molecule has 0 heterocycles. The first kappa shape index (κ1) is 12.3. The quantitative estimate of drug-likeness (QED) is 0.671. The number of ether oxygens (including phenoxy) is 1. The summed E-state index contributed by atoms with van der Waals surface area (Å²) < 4.78 is 27.3. The normalized spacial score (nSPS) is 29.1. The van der Waals surface area contributed by atoms with Crippen molar-refractivity contribution in [3.05, 3.63) is 11.6 Å². The van der Waals surface area contributed by atoms with E-state index in [0.29, 0.717) is 12.8 Å². The van der Waals surface area contributed by atoms with Crippen LogP contribution in [0.1, 0.15) is 44.1 Å². The van der Waals surface area contributed by atoms with E-state index in [1.165, 1.54) is 6.08 Å². The van der Waals surface area contributed by atoms with E-state index in [2.05, 4.69) is 5.32 Å². The van der Waals surface area contributed by atoms with Crippen LogP contribution < -0.4 is 11.1 Å². The summed E-state index contributed by atoms with van der Waals surface area (Å²) in [6, 6.07) is -1.52. The van der Waals surface area contributed by atoms with Crippen molar-refractivity contribution < 1.29 is 23.5 Å². The van der Waals surface area contributed by atoms with Crippen molar-refractivity contribution in [1.29, 1.82) is 0 Å². The largest absolute Gasteiger partial charge is 0.478 e. The van der Waals surface area contributed by atoms with Gasteiger partial charge < -0.3 is 20.9 Å². The van der Waals surface area contributed by atoms with Crippen molar-refractivity contribution in [1.82, 2.24) is 5.32 Å². The van der Waals surface area contributed by atoms with Gasteiger partial charge in [0.1, 0.15) is 0 Å². The molecule has 1 aliphatic carbocycles. The molecule has 20 heavy (non-hydrogen) atoms. The van der Waals surface area contributed by atoms with Crippen molar-refractivity contribution in [2.24, 2.45) is 5.73 Å². The van der Waals surface area contributed by atoms with Crippen LogP contribution >= 0.6 is 0 Å². The van der Waals surface area contributed by atoms with Crippen molar-refractivity contribution in [3.63, 3.8) is 0 Å². The highest BCUT2D eigenvalue weighted by Gasteiger charge is 2.35. The molecule has 114 valence electrons. The molecule has 0 saturated heterocycles. The van der Waals surface area contributed by atoms with E-state index in [0.717, 1.165) is 0 Å². The standard InChI is InChI=1S/C14H24N2O4/c1-4-10(5-2)20-12-7-9(14(18)19)6-11(15)13(12)16-8(3)17/h7,10-13H,4-6,15H2,1-3H3,(H,16,17)(H,18,19)/t11-,12+,13-/m1/s1/i3D3. The number of nitrogens with two attached hydrogens (primary N) is 1. The van der Waals surface area contributed by atoms with Gasteiger partial charge in [-0.25, -0.2) is 4.79 Å². The van der Waals surface area contributed by atoms with Gasteiger partial charge in [-0.2, -0.15) is 0 Å². The molecule has 0 bridgehead atoms. The fourth-order valence-corrected chi connectivity index (χ4v) is 2.32. The van der Waals surface area contributed by atoms with E-state index in [1.54, 1.807) is 0 Å². The Morgan fingerprint density at radius 3 is 2.75 bits per heavy atom. The molecule has 0 aromatic carbocycles. The van der Waals surface area contributed by atoms with Crippen LogP contribution in [-0.2, 0) is 14.3 Å². The van der Waals surface area contributed by atoms with E-state index in [-0.39, 0.29) is 18.1 Å². The third kappa shape index (κ3) is 4.31. The lowest BCUT2D eigenvalue weighted by atomic mass is 9.88. The Kier molecular flexibility index (Phi) is 4.57. The van der Waals surface area contributed by atoms with Crippen LogP contribution in [0.3, 0.4) is 0 Å². The van der Waals surface area contributed by atoms with Gasteiger partial charge in [-0.3, -0.25) is 4.79 Å². The molecule has 1 aliphatic rings. The fraction of sp³-hybridized carbons (Fsp3) is 0.714. The van der Waals surface area contributed by atoms with E-state index in [1.807, 2.05) is 13.8 Å². The molecule has 0 aromatic heterocycles. The van der Waals surface area contributed by atoms with Crippen molar-refractivity contribution in [3.8, 4) is 0 Å². The number of carbonyl (C=O) groups excluding carboxylic acids is 1. The summed E-state index contributed by atoms with van der Waals surface area (Å²) in [6.07, 6.45) is 1.94. The molecular weight excluding hydrogens is 260 g/mol. The molecule has 0 radical (unpaired) electrons. The van der Waals surface area contributed by atoms with Crippen LogP contribution in [0, 0.1) is 0 Å². The van der Waals surface area contributed by atoms with Gasteiger partial charge in [0.25, 0.3) is 0 Å². The second-order valence-electron chi connectivity index (χ2n) is 4.90. The molecule has 0 aromatic rings. The molecule has 0 saturated carbocycles. The number of nitrogens with one attached hydrogen (secondary N) is 1. The smallest absolute Gasteiger partial charge is 0.331 e. The zero-order valence-corrected chi connectivity index (χ0v) is 11.8. The molecule has 3 atom stereocenters. The average Bonchev–Trinajstić information content (AvgIpc) is 2.45. The number of hydrogen-bond donors (Lipinski definition) is 3. The van der Waals surface area contributed by atoms with Crippen molar-refractivity contribution >= 4 is 11.9 Å². The first-order valence-electron chi connectivity index (χ1n) is 8.26. The van der Waals surface area contributed by atoms with Gasteiger partial charge in [-0.05, 0) is 25.3 Å². The van der Waals surface area contributed by atoms with Gasteiger partial charge in [0.2, 0.25) is 5.91 Å². The van der Waals surface area contributed by atoms with E-state index in [4.69, 9.17) is 19.7 Å². The van der Waals surface area contributed by atoms with Gasteiger partial charge in [-0.1, -0.05) is 13.8 Å². The topological polar surface area (TPSA) is 102 Å². The Bertz CT molecular complexity index is 475. The number of rotatable bonds is 6. The van der Waals surface area contributed by atoms with Gasteiger partial charge >= 0.3 is 5.97 Å². The summed E-state index contributed by atoms with van der Waals surface area (Å²) in [5.74, 6) is -2.22. The Balaban J connectivity index is 3.03. The van der Waals surface area contributed by atoms with Crippen LogP contribution in [0.2, 0.25) is 0 Å². The Morgan fingerprint density at radius 1 is 1.60 bits per heavy atom. The molecule has 6 nitrogen and oxygen atoms in total. The predicted octanol–water partition coefficient (Wildman–Crippen LogP) is 0.807. The Hall–Kier alpha value is -1.40. The maximum Gasteiger partial charge on any atom is 0.331 e. The van der Waals surface area contributed by atoms with Crippen LogP contribution in [0.15, 0.2) is 11.6 Å². The molecule has 0 aliphatic heterocycles. The molecule has 0 fully saturated rings. The summed E-state index contributed by atoms with van der Waals surface area (Å²) in [5, 5.41) is 11.5. The van der Waals surface area contributed by atoms with E-state index < -0.39 is 36.9 Å². The van der Waals surface area contributed by atoms with Crippen molar-refractivity contribution in [2.45, 2.75) is 64.3 Å². The lowest BCUT2D eigenvalue weighted by molar-refractivity contribution is -0.133. The zero-order chi connectivity index (χ0) is 17.8. The van der Waals surface area contributed by atoms with Gasteiger partial charge in [0.05, 0.1) is 18.2 Å². The summed E-state index contributed by atoms with van der Waals surface area (Å²) in [6.45, 7) is 1.06. The summed E-state index contributed by atoms with van der Waals surface area (Å²) >= 11 is 0. The molecule has 4 N–H and O–H groups in total. The highest BCUT2D eigenvalue weighted by Crippen LogP contribution is 2.23. The highest BCUT2D eigenvalue weighted by atomic mass is 16.5. The van der Waals surface area contributed by atoms with E-state index >= 15 is 0 Å². The third-order valence-electron chi connectivity index (χ3n) is 3.47. The molecular formula is C14H24N2O4. The maximum absolute atomic E-state index is 11.7. The first-order chi connectivity index (χ1) is 10.6. The van der Waals surface area contributed by atoms with Crippen LogP contribution in [0.4, 0.5) is 0 Å². The average molecular weight is 287 g/mol. The number of carboxylic acid groups (broad SMARTS) is 1. The predicted molar refractivity (Wildman–Crippen MR) is 75.2 cm³/mol. The van der Waals surface area contributed by atoms with Crippen LogP contribution in [0.5, 0.6) is 0 Å². The molecule has 6 heteroatoms. The van der Waals surface area contributed by atoms with E-state index in [9.17, 15) is 9.59 Å².